The number of allylic oxidation sites excluding steroid dienone is 1. The van der Waals surface area contributed by atoms with E-state index in [1.165, 1.54) is 17.6 Å². The van der Waals surface area contributed by atoms with Crippen LogP contribution in [0.5, 0.6) is 0 Å². The van der Waals surface area contributed by atoms with Gasteiger partial charge in [0.15, 0.2) is 0 Å². The highest BCUT2D eigenvalue weighted by Gasteiger charge is 2.34. The van der Waals surface area contributed by atoms with E-state index in [2.05, 4.69) is 44.1 Å². The molecule has 0 bridgehead atoms. The Morgan fingerprint density at radius 1 is 1.15 bits per heavy atom. The molecule has 1 saturated heterocycles. The van der Waals surface area contributed by atoms with Gasteiger partial charge in [0.05, 0.1) is 19.4 Å². The molecule has 0 radical (unpaired) electrons. The largest absolute Gasteiger partial charge is 0.379 e. The molecule has 0 amide bonds. The molecule has 1 fully saturated rings. The zero-order chi connectivity index (χ0) is 18.3. The second kappa shape index (κ2) is 6.62. The van der Waals surface area contributed by atoms with Crippen LogP contribution in [-0.4, -0.2) is 56.9 Å². The molecular weight excluding hydrogens is 338 g/mol. The highest BCUT2D eigenvalue weighted by molar-refractivity contribution is 5.94. The lowest BCUT2D eigenvalue weighted by Gasteiger charge is -2.45. The molecule has 1 unspecified atom stereocenters. The Balaban J connectivity index is 1.43. The number of aromatic nitrogens is 4. The first-order chi connectivity index (χ1) is 13.2. The number of hydrogen-bond acceptors (Lipinski definition) is 4. The fraction of sp³-hybridized carbons (Fsp3) is 0.429. The van der Waals surface area contributed by atoms with Gasteiger partial charge in [-0.15, -0.1) is 0 Å². The van der Waals surface area contributed by atoms with E-state index >= 15 is 0 Å². The summed E-state index contributed by atoms with van der Waals surface area (Å²) in [5.41, 5.74) is 6.04. The lowest BCUT2D eigenvalue weighted by molar-refractivity contribution is -0.0190. The van der Waals surface area contributed by atoms with Crippen molar-refractivity contribution in [3.05, 3.63) is 42.5 Å². The number of ether oxygens (including phenoxy) is 1. The smallest absolute Gasteiger partial charge is 0.137 e. The molecule has 0 spiro atoms. The van der Waals surface area contributed by atoms with Gasteiger partial charge in [-0.3, -0.25) is 10.00 Å². The predicted octanol–water partition coefficient (Wildman–Crippen LogP) is 3.61. The first-order valence-corrected chi connectivity index (χ1v) is 9.71. The van der Waals surface area contributed by atoms with E-state index < -0.39 is 0 Å². The zero-order valence-corrected chi connectivity index (χ0v) is 15.7. The van der Waals surface area contributed by atoms with Gasteiger partial charge in [-0.1, -0.05) is 6.08 Å². The van der Waals surface area contributed by atoms with Gasteiger partial charge in [0.25, 0.3) is 0 Å². The molecule has 2 N–H and O–H groups in total. The summed E-state index contributed by atoms with van der Waals surface area (Å²) in [6.07, 6.45) is 13.6. The summed E-state index contributed by atoms with van der Waals surface area (Å²) in [5.74, 6) is 0. The monoisotopic (exact) mass is 363 g/mol. The minimum Gasteiger partial charge on any atom is -0.379 e. The molecule has 1 aliphatic heterocycles. The van der Waals surface area contributed by atoms with E-state index in [4.69, 9.17) is 4.74 Å². The Morgan fingerprint density at radius 2 is 2.04 bits per heavy atom. The summed E-state index contributed by atoms with van der Waals surface area (Å²) in [7, 11) is 0. The van der Waals surface area contributed by atoms with Gasteiger partial charge in [-0.2, -0.15) is 5.10 Å². The van der Waals surface area contributed by atoms with E-state index in [1.54, 1.807) is 0 Å². The number of H-pyrrole nitrogens is 2. The minimum absolute atomic E-state index is 0.251. The summed E-state index contributed by atoms with van der Waals surface area (Å²) in [6, 6.07) is 2.27. The lowest BCUT2D eigenvalue weighted by atomic mass is 9.80. The van der Waals surface area contributed by atoms with Crippen molar-refractivity contribution in [3.8, 4) is 11.1 Å². The van der Waals surface area contributed by atoms with Crippen molar-refractivity contribution < 1.29 is 4.74 Å². The quantitative estimate of drug-likeness (QED) is 0.746. The van der Waals surface area contributed by atoms with Gasteiger partial charge in [-0.05, 0) is 43.4 Å². The number of pyridine rings is 1. The molecule has 1 atom stereocenters. The van der Waals surface area contributed by atoms with Gasteiger partial charge in [0.1, 0.15) is 5.65 Å². The maximum atomic E-state index is 5.53. The minimum atomic E-state index is 0.251. The number of aromatic amines is 2. The van der Waals surface area contributed by atoms with E-state index in [1.807, 2.05) is 24.8 Å². The molecule has 3 aromatic heterocycles. The Morgan fingerprint density at radius 3 is 2.78 bits per heavy atom. The van der Waals surface area contributed by atoms with Crippen LogP contribution in [0.3, 0.4) is 0 Å². The summed E-state index contributed by atoms with van der Waals surface area (Å²) in [4.78, 5) is 10.5. The van der Waals surface area contributed by atoms with E-state index in [-0.39, 0.29) is 5.54 Å². The fourth-order valence-corrected chi connectivity index (χ4v) is 4.42. The summed E-state index contributed by atoms with van der Waals surface area (Å²) < 4.78 is 5.53. The predicted molar refractivity (Wildman–Crippen MR) is 106 cm³/mol. The maximum absolute atomic E-state index is 5.53. The van der Waals surface area contributed by atoms with Crippen LogP contribution in [0.1, 0.15) is 31.7 Å². The molecule has 0 saturated carbocycles. The molecule has 140 valence electrons. The van der Waals surface area contributed by atoms with Crippen LogP contribution in [0.25, 0.3) is 27.7 Å². The average Bonchev–Trinajstić information content (AvgIpc) is 3.38. The Bertz CT molecular complexity index is 968. The van der Waals surface area contributed by atoms with Gasteiger partial charge < -0.3 is 9.72 Å². The summed E-state index contributed by atoms with van der Waals surface area (Å²) >= 11 is 0. The third-order valence-corrected chi connectivity index (χ3v) is 6.21. The van der Waals surface area contributed by atoms with E-state index in [9.17, 15) is 0 Å². The van der Waals surface area contributed by atoms with Gasteiger partial charge in [0, 0.05) is 53.7 Å². The second-order valence-corrected chi connectivity index (χ2v) is 7.84. The van der Waals surface area contributed by atoms with Crippen molar-refractivity contribution in [3.63, 3.8) is 0 Å². The van der Waals surface area contributed by atoms with Crippen LogP contribution in [0.4, 0.5) is 0 Å². The Hall–Kier alpha value is -2.44. The molecule has 0 aromatic carbocycles. The van der Waals surface area contributed by atoms with Crippen LogP contribution in [0.15, 0.2) is 36.9 Å². The Labute approximate surface area is 158 Å². The highest BCUT2D eigenvalue weighted by atomic mass is 16.5. The zero-order valence-electron chi connectivity index (χ0n) is 15.7. The van der Waals surface area contributed by atoms with Crippen LogP contribution in [0.2, 0.25) is 0 Å². The molecular formula is C21H25N5O. The number of nitrogens with zero attached hydrogens (tertiary/aromatic N) is 3. The van der Waals surface area contributed by atoms with Gasteiger partial charge in [-0.25, -0.2) is 4.98 Å². The Kier molecular flexibility index (Phi) is 4.10. The second-order valence-electron chi connectivity index (χ2n) is 7.84. The maximum Gasteiger partial charge on any atom is 0.137 e. The summed E-state index contributed by atoms with van der Waals surface area (Å²) in [6.45, 7) is 6.21. The van der Waals surface area contributed by atoms with Crippen molar-refractivity contribution in [2.75, 3.05) is 26.3 Å². The standard InChI is InChI=1S/C21H25N5O/c1-21(26-6-8-27-9-7-26)4-2-15(3-5-21)16-10-18-19(17-12-24-25-13-17)14-23-20(18)22-11-16/h2,10-14H,3-9H2,1H3,(H,22,23)(H,24,25). The number of morpholine rings is 1. The fourth-order valence-electron chi connectivity index (χ4n) is 4.42. The molecule has 27 heavy (non-hydrogen) atoms. The lowest BCUT2D eigenvalue weighted by Crippen LogP contribution is -2.52. The van der Waals surface area contributed by atoms with Crippen LogP contribution < -0.4 is 0 Å². The molecule has 5 rings (SSSR count). The SMILES string of the molecule is CC1(N2CCOCC2)CC=C(c2cnc3[nH]cc(-c4cn[nH]c4)c3c2)CC1. The van der Waals surface area contributed by atoms with Crippen LogP contribution in [0, 0.1) is 0 Å². The third-order valence-electron chi connectivity index (χ3n) is 6.21. The number of nitrogens with one attached hydrogen (secondary N) is 2. The van der Waals surface area contributed by atoms with E-state index in [0.29, 0.717) is 0 Å². The van der Waals surface area contributed by atoms with Crippen molar-refractivity contribution in [1.29, 1.82) is 0 Å². The van der Waals surface area contributed by atoms with Crippen molar-refractivity contribution in [2.45, 2.75) is 31.7 Å². The third kappa shape index (κ3) is 2.99. The first kappa shape index (κ1) is 16.7. The van der Waals surface area contributed by atoms with Crippen molar-refractivity contribution in [2.24, 2.45) is 0 Å². The molecule has 3 aromatic rings. The number of fused-ring (bicyclic) bond motifs is 1. The molecule has 1 aliphatic carbocycles. The topological polar surface area (TPSA) is 69.8 Å². The van der Waals surface area contributed by atoms with Crippen molar-refractivity contribution in [1.82, 2.24) is 25.1 Å². The number of rotatable bonds is 3. The normalized spacial score (nSPS) is 24.3. The van der Waals surface area contributed by atoms with E-state index in [0.717, 1.165) is 61.3 Å². The van der Waals surface area contributed by atoms with Crippen molar-refractivity contribution >= 4 is 16.6 Å². The molecule has 6 nitrogen and oxygen atoms in total. The first-order valence-electron chi connectivity index (χ1n) is 9.71. The van der Waals surface area contributed by atoms with Gasteiger partial charge >= 0.3 is 0 Å². The van der Waals surface area contributed by atoms with Crippen LogP contribution >= 0.6 is 0 Å². The number of hydrogen-bond donors (Lipinski definition) is 2. The molecule has 4 heterocycles. The van der Waals surface area contributed by atoms with Gasteiger partial charge in [0.2, 0.25) is 0 Å². The summed E-state index contributed by atoms with van der Waals surface area (Å²) in [5, 5.41) is 8.11. The highest BCUT2D eigenvalue weighted by Crippen LogP contribution is 2.38. The average molecular weight is 363 g/mol. The van der Waals surface area contributed by atoms with Crippen LogP contribution in [-0.2, 0) is 4.74 Å². The molecule has 2 aliphatic rings. The molecule has 6 heteroatoms.